The summed E-state index contributed by atoms with van der Waals surface area (Å²) in [6.45, 7) is 18.3. The van der Waals surface area contributed by atoms with Gasteiger partial charge in [-0.2, -0.15) is 12.1 Å². The predicted octanol–water partition coefficient (Wildman–Crippen LogP) is 18.5. The van der Waals surface area contributed by atoms with Crippen LogP contribution in [0.15, 0.2) is 200 Å². The molecule has 69 heavy (non-hydrogen) atoms. The average Bonchev–Trinajstić information content (AvgIpc) is 4.14. The van der Waals surface area contributed by atoms with Gasteiger partial charge in [0.25, 0.3) is 0 Å². The van der Waals surface area contributed by atoms with Crippen molar-refractivity contribution in [3.8, 4) is 17.1 Å². The number of aryl methyl sites for hydroxylation is 1. The van der Waals surface area contributed by atoms with Gasteiger partial charge in [-0.1, -0.05) is 214 Å². The Bertz CT molecular complexity index is 3610. The van der Waals surface area contributed by atoms with E-state index in [1.165, 1.54) is 92.8 Å². The topological polar surface area (TPSA) is 19.7 Å². The van der Waals surface area contributed by atoms with Crippen molar-refractivity contribution in [2.75, 3.05) is 0 Å². The molecule has 0 fully saturated rings. The van der Waals surface area contributed by atoms with E-state index >= 15 is 0 Å². The Kier molecular flexibility index (Phi) is 16.4. The molecule has 5 heteroatoms. The third kappa shape index (κ3) is 8.60. The van der Waals surface area contributed by atoms with Crippen molar-refractivity contribution in [2.24, 2.45) is 7.05 Å². The van der Waals surface area contributed by atoms with E-state index in [4.69, 9.17) is 0 Å². The molecule has 0 amide bonds. The molecule has 0 N–H and O–H groups in total. The minimum absolute atomic E-state index is 0. The zero-order valence-electron chi connectivity index (χ0n) is 41.9. The van der Waals surface area contributed by atoms with E-state index in [9.17, 15) is 0 Å². The number of para-hydroxylation sites is 8. The minimum Gasteiger partial charge on any atom is -0.364 e. The molecule has 0 aliphatic rings. The molecule has 4 aromatic heterocycles. The summed E-state index contributed by atoms with van der Waals surface area (Å²) in [5, 5.41) is 10.1. The number of nitrogens with zero attached hydrogens (tertiary/aromatic N) is 4. The van der Waals surface area contributed by atoms with Gasteiger partial charge in [0.05, 0.1) is 11.0 Å². The second kappa shape index (κ2) is 22.6. The van der Waals surface area contributed by atoms with Crippen molar-refractivity contribution in [2.45, 2.75) is 62.3 Å². The van der Waals surface area contributed by atoms with Gasteiger partial charge in [-0.25, -0.2) is 0 Å². The molecule has 0 atom stereocenters. The Morgan fingerprint density at radius 3 is 0.841 bits per heavy atom. The quantitative estimate of drug-likeness (QED) is 0.157. The SMILES string of the molecule is CC.CC.CC.CC.Cc1c(-n2c3ccccc3c3ccccc32)c[c-]c(-n2c3ccccc3c3ccccc32)c1-n1c2ccccc2c2ccccc21.Cn1c2ccccc2c2ccccc21.[Y]. The van der Waals surface area contributed by atoms with Crippen LogP contribution in [0.3, 0.4) is 0 Å². The molecule has 343 valence electrons. The van der Waals surface area contributed by atoms with Gasteiger partial charge in [-0.15, -0.1) is 5.56 Å². The van der Waals surface area contributed by atoms with Crippen molar-refractivity contribution in [1.82, 2.24) is 18.3 Å². The molecule has 4 heterocycles. The largest absolute Gasteiger partial charge is 0.364 e. The summed E-state index contributed by atoms with van der Waals surface area (Å²) in [6.07, 6.45) is 0. The summed E-state index contributed by atoms with van der Waals surface area (Å²) in [5.41, 5.74) is 14.2. The monoisotopic (exact) mass is 976 g/mol. The van der Waals surface area contributed by atoms with Gasteiger partial charge in [-0.05, 0) is 59.9 Å². The molecular weight excluding hydrogens is 914 g/mol. The zero-order chi connectivity index (χ0) is 47.9. The molecule has 9 aromatic carbocycles. The van der Waals surface area contributed by atoms with Crippen LogP contribution in [0.1, 0.15) is 61.0 Å². The summed E-state index contributed by atoms with van der Waals surface area (Å²) in [5.74, 6) is 0. The summed E-state index contributed by atoms with van der Waals surface area (Å²) >= 11 is 0. The van der Waals surface area contributed by atoms with Crippen molar-refractivity contribution >= 4 is 87.2 Å². The third-order valence-corrected chi connectivity index (χ3v) is 12.6. The number of hydrogen-bond acceptors (Lipinski definition) is 0. The third-order valence-electron chi connectivity index (χ3n) is 12.6. The molecule has 13 aromatic rings. The van der Waals surface area contributed by atoms with Gasteiger partial charge in [0, 0.05) is 116 Å². The van der Waals surface area contributed by atoms with E-state index in [1.807, 2.05) is 55.4 Å². The van der Waals surface area contributed by atoms with Gasteiger partial charge in [0.2, 0.25) is 0 Å². The summed E-state index contributed by atoms with van der Waals surface area (Å²) in [7, 11) is 2.12. The Morgan fingerprint density at radius 2 is 0.536 bits per heavy atom. The number of benzene rings is 9. The van der Waals surface area contributed by atoms with E-state index in [1.54, 1.807) is 0 Å². The molecule has 0 saturated carbocycles. The second-order valence-corrected chi connectivity index (χ2v) is 15.7. The summed E-state index contributed by atoms with van der Waals surface area (Å²) < 4.78 is 9.53. The molecule has 0 unspecified atom stereocenters. The fourth-order valence-electron chi connectivity index (χ4n) is 9.92. The molecule has 1 radical (unpaired) electrons. The van der Waals surface area contributed by atoms with E-state index < -0.39 is 0 Å². The van der Waals surface area contributed by atoms with Crippen LogP contribution in [0, 0.1) is 13.0 Å². The van der Waals surface area contributed by atoms with E-state index in [2.05, 4.69) is 238 Å². The Balaban J connectivity index is 0.000000257. The fraction of sp³-hybridized carbons (Fsp3) is 0.156. The number of aromatic nitrogens is 4. The summed E-state index contributed by atoms with van der Waals surface area (Å²) in [6, 6.07) is 75.6. The molecule has 0 spiro atoms. The maximum atomic E-state index is 3.89. The summed E-state index contributed by atoms with van der Waals surface area (Å²) in [4.78, 5) is 0. The first-order valence-electron chi connectivity index (χ1n) is 24.6. The van der Waals surface area contributed by atoms with Crippen LogP contribution in [0.4, 0.5) is 0 Å². The van der Waals surface area contributed by atoms with E-state index in [-0.39, 0.29) is 32.7 Å². The normalized spacial score (nSPS) is 10.6. The van der Waals surface area contributed by atoms with Crippen LogP contribution < -0.4 is 0 Å². The zero-order valence-corrected chi connectivity index (χ0v) is 44.8. The molecule has 13 rings (SSSR count). The first kappa shape index (κ1) is 50.2. The fourth-order valence-corrected chi connectivity index (χ4v) is 9.92. The van der Waals surface area contributed by atoms with Gasteiger partial charge < -0.3 is 18.3 Å². The van der Waals surface area contributed by atoms with Gasteiger partial charge >= 0.3 is 0 Å². The van der Waals surface area contributed by atoms with E-state index in [0.717, 1.165) is 17.1 Å². The van der Waals surface area contributed by atoms with Gasteiger partial charge in [-0.3, -0.25) is 0 Å². The van der Waals surface area contributed by atoms with Crippen LogP contribution in [-0.2, 0) is 39.8 Å². The van der Waals surface area contributed by atoms with Crippen LogP contribution >= 0.6 is 0 Å². The van der Waals surface area contributed by atoms with Gasteiger partial charge in [0.15, 0.2) is 0 Å². The van der Waals surface area contributed by atoms with Crippen molar-refractivity contribution in [1.29, 1.82) is 0 Å². The predicted molar refractivity (Wildman–Crippen MR) is 299 cm³/mol. The number of fused-ring (bicyclic) bond motifs is 12. The average molecular weight is 977 g/mol. The van der Waals surface area contributed by atoms with Crippen LogP contribution in [-0.4, -0.2) is 18.3 Å². The molecule has 0 bridgehead atoms. The van der Waals surface area contributed by atoms with Crippen LogP contribution in [0.2, 0.25) is 0 Å². The Hall–Kier alpha value is -6.72. The first-order valence-corrected chi connectivity index (χ1v) is 24.6. The van der Waals surface area contributed by atoms with Crippen molar-refractivity contribution in [3.63, 3.8) is 0 Å². The number of hydrogen-bond donors (Lipinski definition) is 0. The van der Waals surface area contributed by atoms with Crippen LogP contribution in [0.5, 0.6) is 0 Å². The minimum atomic E-state index is 0. The molecular formula is C64H63N4Y-. The van der Waals surface area contributed by atoms with Gasteiger partial charge in [0.1, 0.15) is 0 Å². The Labute approximate surface area is 433 Å². The van der Waals surface area contributed by atoms with Crippen molar-refractivity contribution in [3.05, 3.63) is 212 Å². The maximum Gasteiger partial charge on any atom is 0.0519 e. The smallest absolute Gasteiger partial charge is 0.0519 e. The second-order valence-electron chi connectivity index (χ2n) is 15.7. The molecule has 0 aliphatic carbocycles. The van der Waals surface area contributed by atoms with Crippen molar-refractivity contribution < 1.29 is 32.7 Å². The maximum absolute atomic E-state index is 3.89. The van der Waals surface area contributed by atoms with Crippen LogP contribution in [0.25, 0.3) is 104 Å². The Morgan fingerprint density at radius 1 is 0.304 bits per heavy atom. The molecule has 0 saturated heterocycles. The molecule has 0 aliphatic heterocycles. The standard InChI is InChI=1S/C43H28N3.C13H11N.4C2H6.Y/c1-28-35(44-36-20-8-2-14-29(36)30-15-3-9-21-37(30)44)26-27-42(45-38-22-10-4-16-31(38)32-17-5-11-23-39(32)45)43(28)46-40-24-12-6-18-33(40)34-19-7-13-25-41(34)46;1-14-12-8-4-2-6-10(12)11-7-3-5-9-13(11)14;4*1-2;/h2-26H,1H3;2-9H,1H3;4*1-2H3;/q-1;;;;;;. The molecule has 4 nitrogen and oxygen atoms in total. The first-order chi connectivity index (χ1) is 33.7. The number of rotatable bonds is 3. The van der Waals surface area contributed by atoms with E-state index in [0.29, 0.717) is 0 Å².